The lowest BCUT2D eigenvalue weighted by Crippen LogP contribution is -2.47. The van der Waals surface area contributed by atoms with Crippen molar-refractivity contribution in [2.75, 3.05) is 0 Å². The molecule has 0 aliphatic heterocycles. The molecule has 1 atom stereocenters. The van der Waals surface area contributed by atoms with Gasteiger partial charge in [0.05, 0.1) is 4.90 Å². The summed E-state index contributed by atoms with van der Waals surface area (Å²) < 4.78 is 85.0. The third-order valence-electron chi connectivity index (χ3n) is 5.03. The van der Waals surface area contributed by atoms with Gasteiger partial charge in [0.15, 0.2) is 0 Å². The number of carbonyl (C=O) groups is 1. The quantitative estimate of drug-likeness (QED) is 0.387. The van der Waals surface area contributed by atoms with Gasteiger partial charge in [-0.15, -0.1) is 0 Å². The van der Waals surface area contributed by atoms with Crippen molar-refractivity contribution in [1.29, 1.82) is 0 Å². The smallest absolute Gasteiger partial charge is 0.368 e. The predicted octanol–water partition coefficient (Wildman–Crippen LogP) is 4.31. The van der Waals surface area contributed by atoms with E-state index in [-0.39, 0.29) is 26.9 Å². The van der Waals surface area contributed by atoms with Crippen molar-refractivity contribution in [3.8, 4) is 11.4 Å². The van der Waals surface area contributed by atoms with Crippen LogP contribution in [0.1, 0.15) is 24.8 Å². The van der Waals surface area contributed by atoms with Gasteiger partial charge in [0.2, 0.25) is 28.1 Å². The number of carbonyl (C=O) groups excluding carboxylic acids is 1. The van der Waals surface area contributed by atoms with E-state index in [1.807, 2.05) is 0 Å². The van der Waals surface area contributed by atoms with E-state index in [2.05, 4.69) is 14.7 Å². The zero-order chi connectivity index (χ0) is 25.8. The molecule has 0 aliphatic carbocycles. The van der Waals surface area contributed by atoms with Gasteiger partial charge in [0.25, 0.3) is 0 Å². The maximum atomic E-state index is 14.9. The lowest BCUT2D eigenvalue weighted by Gasteiger charge is -2.29. The summed E-state index contributed by atoms with van der Waals surface area (Å²) in [6.45, 7) is -0.678. The summed E-state index contributed by atoms with van der Waals surface area (Å²) in [4.78, 5) is 15.7. The first-order valence-corrected chi connectivity index (χ1v) is 11.9. The maximum Gasteiger partial charge on any atom is 0.389 e. The Hall–Kier alpha value is -3.03. The average molecular weight is 535 g/mol. The molecule has 2 N–H and O–H groups in total. The minimum atomic E-state index is -4.51. The van der Waals surface area contributed by atoms with E-state index in [0.29, 0.717) is 4.31 Å². The Morgan fingerprint density at radius 1 is 1.17 bits per heavy atom. The van der Waals surface area contributed by atoms with E-state index >= 15 is 0 Å². The molecule has 0 bridgehead atoms. The highest BCUT2D eigenvalue weighted by Gasteiger charge is 2.36. The number of halogens is 5. The van der Waals surface area contributed by atoms with Crippen LogP contribution < -0.4 is 5.73 Å². The van der Waals surface area contributed by atoms with Crippen LogP contribution in [0.25, 0.3) is 11.4 Å². The third kappa shape index (κ3) is 6.77. The number of alkyl halides is 3. The largest absolute Gasteiger partial charge is 0.389 e. The van der Waals surface area contributed by atoms with Gasteiger partial charge in [-0.25, -0.2) is 12.8 Å². The molecule has 0 unspecified atom stereocenters. The molecule has 3 aromatic rings. The Bertz CT molecular complexity index is 1270. The summed E-state index contributed by atoms with van der Waals surface area (Å²) in [5, 5.41) is 3.82. The molecule has 0 radical (unpaired) electrons. The SMILES string of the molecule is NC(=O)[C@@H](CCCC(F)(F)F)N(Cc1ccc(-c2ncon2)cc1F)S(=O)(=O)c1ccc(Cl)cc1. The van der Waals surface area contributed by atoms with Crippen LogP contribution in [0.2, 0.25) is 5.02 Å². The Balaban J connectivity index is 2.00. The van der Waals surface area contributed by atoms with Crippen LogP contribution >= 0.6 is 11.6 Å². The second-order valence-electron chi connectivity index (χ2n) is 7.49. The molecule has 8 nitrogen and oxygen atoms in total. The number of hydrogen-bond acceptors (Lipinski definition) is 6. The first-order valence-electron chi connectivity index (χ1n) is 10.1. The molecule has 3 rings (SSSR count). The number of primary amides is 1. The lowest BCUT2D eigenvalue weighted by molar-refractivity contribution is -0.137. The molecular formula is C21H19ClF4N4O4S. The van der Waals surface area contributed by atoms with Gasteiger partial charge < -0.3 is 10.3 Å². The molecule has 14 heteroatoms. The number of rotatable bonds is 10. The van der Waals surface area contributed by atoms with Crippen LogP contribution in [0.3, 0.4) is 0 Å². The van der Waals surface area contributed by atoms with Gasteiger partial charge in [0, 0.05) is 29.1 Å². The fourth-order valence-corrected chi connectivity index (χ4v) is 5.04. The second-order valence-corrected chi connectivity index (χ2v) is 9.82. The van der Waals surface area contributed by atoms with Crippen molar-refractivity contribution in [2.45, 2.75) is 42.9 Å². The fraction of sp³-hybridized carbons (Fsp3) is 0.286. The highest BCUT2D eigenvalue weighted by atomic mass is 35.5. The van der Waals surface area contributed by atoms with E-state index in [1.54, 1.807) is 0 Å². The molecule has 0 aliphatic rings. The number of nitrogens with two attached hydrogens (primary N) is 1. The molecule has 1 heterocycles. The van der Waals surface area contributed by atoms with Crippen molar-refractivity contribution < 1.29 is 35.3 Å². The van der Waals surface area contributed by atoms with E-state index in [1.165, 1.54) is 24.3 Å². The van der Waals surface area contributed by atoms with Crippen molar-refractivity contribution in [3.63, 3.8) is 0 Å². The average Bonchev–Trinajstić information content (AvgIpc) is 3.30. The number of hydrogen-bond donors (Lipinski definition) is 1. The number of sulfonamides is 1. The molecule has 0 saturated heterocycles. The van der Waals surface area contributed by atoms with Crippen LogP contribution in [0.15, 0.2) is 58.3 Å². The van der Waals surface area contributed by atoms with Crippen LogP contribution in [0.5, 0.6) is 0 Å². The van der Waals surface area contributed by atoms with E-state index < -0.39 is 59.8 Å². The minimum absolute atomic E-state index is 0.0863. The summed E-state index contributed by atoms with van der Waals surface area (Å²) in [7, 11) is -4.51. The molecule has 2 aromatic carbocycles. The Kier molecular flexibility index (Phi) is 8.13. The van der Waals surface area contributed by atoms with Gasteiger partial charge in [-0.05, 0) is 43.2 Å². The minimum Gasteiger partial charge on any atom is -0.368 e. The predicted molar refractivity (Wildman–Crippen MR) is 117 cm³/mol. The summed E-state index contributed by atoms with van der Waals surface area (Å²) in [5.41, 5.74) is 5.48. The van der Waals surface area contributed by atoms with Gasteiger partial charge in [-0.3, -0.25) is 4.79 Å². The third-order valence-corrected chi connectivity index (χ3v) is 7.15. The fourth-order valence-electron chi connectivity index (χ4n) is 3.31. The second kappa shape index (κ2) is 10.7. The van der Waals surface area contributed by atoms with Crippen LogP contribution in [-0.2, 0) is 21.4 Å². The molecule has 0 spiro atoms. The lowest BCUT2D eigenvalue weighted by atomic mass is 10.1. The molecule has 35 heavy (non-hydrogen) atoms. The van der Waals surface area contributed by atoms with E-state index in [0.717, 1.165) is 24.6 Å². The summed E-state index contributed by atoms with van der Waals surface area (Å²) in [6.07, 6.45) is -5.81. The van der Waals surface area contributed by atoms with Gasteiger partial charge in [-0.1, -0.05) is 28.9 Å². The topological polar surface area (TPSA) is 119 Å². The van der Waals surface area contributed by atoms with E-state index in [9.17, 15) is 30.8 Å². The van der Waals surface area contributed by atoms with Crippen molar-refractivity contribution in [1.82, 2.24) is 14.4 Å². The number of benzene rings is 2. The van der Waals surface area contributed by atoms with Crippen molar-refractivity contribution >= 4 is 27.5 Å². The van der Waals surface area contributed by atoms with Crippen LogP contribution in [0, 0.1) is 5.82 Å². The Morgan fingerprint density at radius 3 is 2.40 bits per heavy atom. The van der Waals surface area contributed by atoms with Gasteiger partial charge >= 0.3 is 6.18 Å². The van der Waals surface area contributed by atoms with Crippen molar-refractivity contribution in [3.05, 3.63) is 65.3 Å². The number of aromatic nitrogens is 2. The van der Waals surface area contributed by atoms with Crippen LogP contribution in [0.4, 0.5) is 17.6 Å². The normalized spacial score (nSPS) is 13.2. The summed E-state index contributed by atoms with van der Waals surface area (Å²) in [6, 6.07) is 6.91. The zero-order valence-corrected chi connectivity index (χ0v) is 19.4. The number of nitrogens with zero attached hydrogens (tertiary/aromatic N) is 3. The Morgan fingerprint density at radius 2 is 1.86 bits per heavy atom. The maximum absolute atomic E-state index is 14.9. The highest BCUT2D eigenvalue weighted by molar-refractivity contribution is 7.89. The first kappa shape index (κ1) is 26.6. The molecular weight excluding hydrogens is 516 g/mol. The molecule has 1 aromatic heterocycles. The van der Waals surface area contributed by atoms with Crippen molar-refractivity contribution in [2.24, 2.45) is 5.73 Å². The highest BCUT2D eigenvalue weighted by Crippen LogP contribution is 2.29. The number of amides is 1. The molecule has 1 amide bonds. The van der Waals surface area contributed by atoms with Gasteiger partial charge in [-0.2, -0.15) is 22.5 Å². The summed E-state index contributed by atoms with van der Waals surface area (Å²) in [5.74, 6) is -1.95. The zero-order valence-electron chi connectivity index (χ0n) is 17.9. The molecule has 0 saturated carbocycles. The van der Waals surface area contributed by atoms with Crippen LogP contribution in [-0.4, -0.2) is 41.0 Å². The Labute approximate surface area is 202 Å². The van der Waals surface area contributed by atoms with E-state index in [4.69, 9.17) is 17.3 Å². The first-order chi connectivity index (χ1) is 16.4. The molecule has 188 valence electrons. The summed E-state index contributed by atoms with van der Waals surface area (Å²) >= 11 is 5.82. The molecule has 0 fully saturated rings. The monoisotopic (exact) mass is 534 g/mol. The standard InChI is InChI=1S/C21H19ClF4N4O4S/c22-15-5-7-16(8-6-15)35(32,33)30(18(19(27)31)2-1-9-21(24,25)26)11-14-4-3-13(10-17(14)23)20-28-12-34-29-20/h3-8,10,12,18H,1-2,9,11H2,(H2,27,31)/t18-/m1/s1. The van der Waals surface area contributed by atoms with Gasteiger partial charge in [0.1, 0.15) is 11.9 Å².